The largest absolute Gasteiger partial charge is 0.379 e. The fourth-order valence-corrected chi connectivity index (χ4v) is 5.77. The number of aromatic nitrogens is 3. The van der Waals surface area contributed by atoms with Gasteiger partial charge in [-0.25, -0.2) is 4.68 Å². The summed E-state index contributed by atoms with van der Waals surface area (Å²) in [5.74, 6) is -0.236. The number of benzene rings is 1. The summed E-state index contributed by atoms with van der Waals surface area (Å²) >= 11 is 0. The van der Waals surface area contributed by atoms with Gasteiger partial charge < -0.3 is 10.1 Å². The number of pyridine rings is 1. The molecule has 0 bridgehead atoms. The highest BCUT2D eigenvalue weighted by Crippen LogP contribution is 2.40. The van der Waals surface area contributed by atoms with Crippen LogP contribution in [0.4, 0.5) is 5.69 Å². The molecule has 3 heterocycles. The molecular weight excluding hydrogens is 488 g/mol. The van der Waals surface area contributed by atoms with E-state index in [0.29, 0.717) is 17.3 Å². The number of ether oxygens (including phenoxy) is 1. The Labute approximate surface area is 231 Å². The highest BCUT2D eigenvalue weighted by Gasteiger charge is 2.40. The number of nitrogens with zero attached hydrogens (tertiary/aromatic N) is 5. The van der Waals surface area contributed by atoms with Crippen LogP contribution in [-0.2, 0) is 15.6 Å². The maximum atomic E-state index is 13.1. The van der Waals surface area contributed by atoms with Gasteiger partial charge in [0.05, 0.1) is 65.4 Å². The van der Waals surface area contributed by atoms with Crippen molar-refractivity contribution in [2.45, 2.75) is 70.3 Å². The second kappa shape index (κ2) is 10.9. The van der Waals surface area contributed by atoms with Crippen molar-refractivity contribution in [2.24, 2.45) is 0 Å². The molecule has 3 aromatic rings. The Hall–Kier alpha value is -3.54. The Morgan fingerprint density at radius 2 is 1.77 bits per heavy atom. The molecule has 1 amide bonds. The lowest BCUT2D eigenvalue weighted by atomic mass is 9.71. The molecule has 2 aliphatic rings. The van der Waals surface area contributed by atoms with Crippen LogP contribution in [0.5, 0.6) is 0 Å². The van der Waals surface area contributed by atoms with Gasteiger partial charge in [-0.2, -0.15) is 10.4 Å². The molecule has 1 aliphatic heterocycles. The number of carbonyl (C=O) groups is 1. The SMILES string of the molecule is Cc1c(C(=O)Nc2ccc(C3(C#N)CCC(N4CCOCC4)CC3)nc2)cnn1-c1ccc(C(C)(C)C)cc1. The van der Waals surface area contributed by atoms with Gasteiger partial charge >= 0.3 is 0 Å². The average Bonchev–Trinajstić information content (AvgIpc) is 3.35. The van der Waals surface area contributed by atoms with E-state index in [4.69, 9.17) is 4.74 Å². The van der Waals surface area contributed by atoms with E-state index >= 15 is 0 Å². The molecule has 1 aliphatic carbocycles. The molecule has 0 atom stereocenters. The fraction of sp³-hybridized carbons (Fsp3) is 0.484. The van der Waals surface area contributed by atoms with Crippen molar-refractivity contribution in [2.75, 3.05) is 31.6 Å². The van der Waals surface area contributed by atoms with Crippen LogP contribution in [-0.4, -0.2) is 57.9 Å². The minimum absolute atomic E-state index is 0.0710. The molecule has 2 aromatic heterocycles. The molecule has 1 aromatic carbocycles. The first-order valence-corrected chi connectivity index (χ1v) is 13.9. The maximum absolute atomic E-state index is 13.1. The molecule has 204 valence electrons. The van der Waals surface area contributed by atoms with E-state index in [-0.39, 0.29) is 11.3 Å². The first kappa shape index (κ1) is 27.0. The third-order valence-electron chi connectivity index (χ3n) is 8.33. The zero-order valence-corrected chi connectivity index (χ0v) is 23.4. The van der Waals surface area contributed by atoms with Crippen LogP contribution < -0.4 is 5.32 Å². The molecule has 0 unspecified atom stereocenters. The number of amides is 1. The molecule has 0 spiro atoms. The van der Waals surface area contributed by atoms with E-state index in [9.17, 15) is 10.1 Å². The second-order valence-electron chi connectivity index (χ2n) is 11.8. The van der Waals surface area contributed by atoms with Gasteiger partial charge in [0.25, 0.3) is 5.91 Å². The van der Waals surface area contributed by atoms with E-state index < -0.39 is 5.41 Å². The minimum Gasteiger partial charge on any atom is -0.379 e. The van der Waals surface area contributed by atoms with Gasteiger partial charge in [-0.05, 0) is 67.9 Å². The van der Waals surface area contributed by atoms with E-state index in [1.165, 1.54) is 5.56 Å². The molecule has 8 heteroatoms. The lowest BCUT2D eigenvalue weighted by Crippen LogP contribution is -2.47. The zero-order chi connectivity index (χ0) is 27.6. The third-order valence-corrected chi connectivity index (χ3v) is 8.33. The van der Waals surface area contributed by atoms with E-state index in [1.807, 2.05) is 31.2 Å². The van der Waals surface area contributed by atoms with Crippen molar-refractivity contribution in [3.8, 4) is 11.8 Å². The number of nitrogens with one attached hydrogen (secondary N) is 1. The highest BCUT2D eigenvalue weighted by atomic mass is 16.5. The molecule has 1 saturated carbocycles. The Bertz CT molecular complexity index is 1330. The summed E-state index contributed by atoms with van der Waals surface area (Å²) in [6.45, 7) is 12.0. The third kappa shape index (κ3) is 5.61. The quantitative estimate of drug-likeness (QED) is 0.493. The fourth-order valence-electron chi connectivity index (χ4n) is 5.77. The summed E-state index contributed by atoms with van der Waals surface area (Å²) in [4.78, 5) is 20.2. The first-order valence-electron chi connectivity index (χ1n) is 13.9. The molecule has 8 nitrogen and oxygen atoms in total. The Kier molecular flexibility index (Phi) is 7.57. The first-order chi connectivity index (χ1) is 18.7. The lowest BCUT2D eigenvalue weighted by Gasteiger charge is -2.41. The molecule has 1 saturated heterocycles. The van der Waals surface area contributed by atoms with Crippen molar-refractivity contribution in [1.29, 1.82) is 5.26 Å². The summed E-state index contributed by atoms with van der Waals surface area (Å²) in [7, 11) is 0. The van der Waals surface area contributed by atoms with Gasteiger partial charge in [-0.1, -0.05) is 32.9 Å². The van der Waals surface area contributed by atoms with Gasteiger partial charge in [-0.15, -0.1) is 0 Å². The lowest BCUT2D eigenvalue weighted by molar-refractivity contribution is 0.00493. The standard InChI is InChI=1S/C31H38N6O2/c1-22-27(20-34-37(22)26-8-5-23(6-9-26)30(2,3)4)29(38)35-24-7-10-28(33-19-24)31(21-32)13-11-25(12-14-31)36-15-17-39-18-16-36/h5-10,19-20,25H,11-18H2,1-4H3,(H,35,38). The van der Waals surface area contributed by atoms with E-state index in [0.717, 1.165) is 69.1 Å². The Balaban J connectivity index is 1.24. The minimum atomic E-state index is -0.578. The second-order valence-corrected chi connectivity index (χ2v) is 11.8. The zero-order valence-electron chi connectivity index (χ0n) is 23.4. The number of morpholine rings is 1. The average molecular weight is 527 g/mol. The van der Waals surface area contributed by atoms with Gasteiger partial charge in [0.1, 0.15) is 0 Å². The maximum Gasteiger partial charge on any atom is 0.259 e. The van der Waals surface area contributed by atoms with Crippen molar-refractivity contribution >= 4 is 11.6 Å². The van der Waals surface area contributed by atoms with E-state index in [2.05, 4.69) is 59.3 Å². The summed E-state index contributed by atoms with van der Waals surface area (Å²) in [5, 5.41) is 17.6. The number of hydrogen-bond acceptors (Lipinski definition) is 6. The number of carbonyl (C=O) groups excluding carboxylic acids is 1. The summed E-state index contributed by atoms with van der Waals surface area (Å²) < 4.78 is 7.28. The van der Waals surface area contributed by atoms with Gasteiger partial charge in [0.15, 0.2) is 0 Å². The molecule has 1 N–H and O–H groups in total. The van der Waals surface area contributed by atoms with Crippen LogP contribution in [0, 0.1) is 18.3 Å². The Morgan fingerprint density at radius 1 is 1.08 bits per heavy atom. The van der Waals surface area contributed by atoms with Gasteiger partial charge in [0, 0.05) is 19.1 Å². The predicted octanol–water partition coefficient (Wildman–Crippen LogP) is 5.16. The molecule has 0 radical (unpaired) electrons. The number of hydrogen-bond donors (Lipinski definition) is 1. The normalized spacial score (nSPS) is 22.3. The predicted molar refractivity (Wildman–Crippen MR) is 151 cm³/mol. The summed E-state index contributed by atoms with van der Waals surface area (Å²) in [6, 6.07) is 15.1. The van der Waals surface area contributed by atoms with E-state index in [1.54, 1.807) is 17.1 Å². The smallest absolute Gasteiger partial charge is 0.259 e. The number of nitriles is 1. The van der Waals surface area contributed by atoms with Crippen molar-refractivity contribution in [3.05, 3.63) is 71.3 Å². The van der Waals surface area contributed by atoms with Gasteiger partial charge in [-0.3, -0.25) is 14.7 Å². The summed E-state index contributed by atoms with van der Waals surface area (Å²) in [5.41, 5.74) is 4.30. The van der Waals surface area contributed by atoms with Crippen LogP contribution in [0.1, 0.15) is 73.8 Å². The van der Waals surface area contributed by atoms with Crippen LogP contribution in [0.15, 0.2) is 48.8 Å². The molecule has 5 rings (SSSR count). The number of anilines is 1. The van der Waals surface area contributed by atoms with Crippen LogP contribution in [0.25, 0.3) is 5.69 Å². The Morgan fingerprint density at radius 3 is 2.36 bits per heavy atom. The summed E-state index contributed by atoms with van der Waals surface area (Å²) in [6.07, 6.45) is 6.80. The highest BCUT2D eigenvalue weighted by molar-refractivity contribution is 6.04. The molecule has 39 heavy (non-hydrogen) atoms. The number of rotatable bonds is 5. The van der Waals surface area contributed by atoms with Gasteiger partial charge in [0.2, 0.25) is 0 Å². The van der Waals surface area contributed by atoms with Crippen LogP contribution >= 0.6 is 0 Å². The molecule has 2 fully saturated rings. The van der Waals surface area contributed by atoms with Crippen molar-refractivity contribution in [3.63, 3.8) is 0 Å². The topological polar surface area (TPSA) is 96.1 Å². The van der Waals surface area contributed by atoms with Crippen LogP contribution in [0.3, 0.4) is 0 Å². The molecular formula is C31H38N6O2. The van der Waals surface area contributed by atoms with Crippen molar-refractivity contribution < 1.29 is 9.53 Å². The monoisotopic (exact) mass is 526 g/mol. The van der Waals surface area contributed by atoms with Crippen LogP contribution in [0.2, 0.25) is 0 Å². The van der Waals surface area contributed by atoms with Crippen molar-refractivity contribution in [1.82, 2.24) is 19.7 Å².